The van der Waals surface area contributed by atoms with E-state index in [2.05, 4.69) is 17.1 Å². The van der Waals surface area contributed by atoms with Gasteiger partial charge in [0.2, 0.25) is 5.91 Å². The number of nitrogens with zero attached hydrogens (tertiary/aromatic N) is 1. The van der Waals surface area contributed by atoms with Gasteiger partial charge >= 0.3 is 0 Å². The van der Waals surface area contributed by atoms with Gasteiger partial charge in [0, 0.05) is 19.5 Å². The number of carbonyl (C=O) groups excluding carboxylic acids is 1. The Kier molecular flexibility index (Phi) is 14.3. The highest BCUT2D eigenvalue weighted by Crippen LogP contribution is 2.34. The van der Waals surface area contributed by atoms with Crippen molar-refractivity contribution in [3.63, 3.8) is 0 Å². The lowest BCUT2D eigenvalue weighted by atomic mass is 10.00. The van der Waals surface area contributed by atoms with Crippen LogP contribution in [0.25, 0.3) is 0 Å². The number of ether oxygens (including phenoxy) is 2. The van der Waals surface area contributed by atoms with Gasteiger partial charge in [-0.25, -0.2) is 0 Å². The van der Waals surface area contributed by atoms with Crippen molar-refractivity contribution in [1.29, 1.82) is 0 Å². The van der Waals surface area contributed by atoms with Crippen LogP contribution < -0.4 is 14.8 Å². The summed E-state index contributed by atoms with van der Waals surface area (Å²) in [4.78, 5) is 15.6. The van der Waals surface area contributed by atoms with Crippen LogP contribution in [0, 0.1) is 0 Å². The molecule has 1 fully saturated rings. The number of thiocarbonyl (C=S) groups is 1. The number of unbranched alkanes of at least 4 members (excludes halogenated alkanes) is 12. The third kappa shape index (κ3) is 10.4. The zero-order chi connectivity index (χ0) is 27.0. The van der Waals surface area contributed by atoms with Gasteiger partial charge in [-0.1, -0.05) is 102 Å². The highest BCUT2D eigenvalue weighted by Gasteiger charge is 2.31. The third-order valence-corrected chi connectivity index (χ3v) is 8.24. The zero-order valence-corrected chi connectivity index (χ0v) is 24.4. The molecule has 0 spiro atoms. The molecule has 0 aliphatic carbocycles. The topological polar surface area (TPSA) is 71.0 Å². The Morgan fingerprint density at radius 1 is 0.895 bits per heavy atom. The second-order valence-corrected chi connectivity index (χ2v) is 11.3. The molecule has 1 saturated heterocycles. The number of hydrogen-bond donors (Lipinski definition) is 2. The van der Waals surface area contributed by atoms with Crippen LogP contribution in [-0.4, -0.2) is 53.2 Å². The first-order chi connectivity index (χ1) is 18.6. The molecule has 0 saturated carbocycles. The number of hydrogen-bond acceptors (Lipinski definition) is 5. The Morgan fingerprint density at radius 2 is 1.45 bits per heavy atom. The zero-order valence-electron chi connectivity index (χ0n) is 23.6. The first-order valence-corrected chi connectivity index (χ1v) is 15.7. The van der Waals surface area contributed by atoms with Crippen LogP contribution in [0.4, 0.5) is 0 Å². The fourth-order valence-electron chi connectivity index (χ4n) is 5.40. The molecule has 6 nitrogen and oxygen atoms in total. The summed E-state index contributed by atoms with van der Waals surface area (Å²) in [6.45, 7) is 5.02. The maximum absolute atomic E-state index is 12.9. The van der Waals surface area contributed by atoms with E-state index in [1.165, 1.54) is 70.6 Å². The molecular formula is C31H50N2O4S. The van der Waals surface area contributed by atoms with Gasteiger partial charge in [-0.3, -0.25) is 4.79 Å². The molecule has 38 heavy (non-hydrogen) atoms. The van der Waals surface area contributed by atoms with E-state index in [9.17, 15) is 9.90 Å². The molecule has 0 bridgehead atoms. The number of aliphatic hydroxyl groups is 1. The normalized spacial score (nSPS) is 16.3. The van der Waals surface area contributed by atoms with Gasteiger partial charge in [0.05, 0.1) is 0 Å². The van der Waals surface area contributed by atoms with Gasteiger partial charge in [-0.05, 0) is 37.0 Å². The molecule has 0 radical (unpaired) electrons. The molecule has 2 aliphatic rings. The van der Waals surface area contributed by atoms with Crippen molar-refractivity contribution < 1.29 is 19.4 Å². The van der Waals surface area contributed by atoms with Gasteiger partial charge in [0.15, 0.2) is 11.5 Å². The number of rotatable bonds is 18. The van der Waals surface area contributed by atoms with E-state index in [0.29, 0.717) is 41.7 Å². The Labute approximate surface area is 235 Å². The molecule has 1 aromatic carbocycles. The number of fused-ring (bicyclic) bond motifs is 1. The third-order valence-electron chi connectivity index (χ3n) is 7.73. The van der Waals surface area contributed by atoms with Gasteiger partial charge < -0.3 is 24.8 Å². The molecule has 3 rings (SSSR count). The number of carbonyl (C=O) groups is 1. The van der Waals surface area contributed by atoms with Crippen LogP contribution in [0.5, 0.6) is 11.5 Å². The van der Waals surface area contributed by atoms with Gasteiger partial charge in [-0.2, -0.15) is 0 Å². The number of nitrogens with one attached hydrogen (secondary N) is 1. The Hall–Kier alpha value is -1.86. The van der Waals surface area contributed by atoms with E-state index in [0.717, 1.165) is 38.8 Å². The molecule has 7 heteroatoms. The smallest absolute Gasteiger partial charge is 0.220 e. The molecule has 1 amide bonds. The van der Waals surface area contributed by atoms with Crippen molar-refractivity contribution in [3.05, 3.63) is 23.8 Å². The minimum atomic E-state index is -0.950. The highest BCUT2D eigenvalue weighted by molar-refractivity contribution is 7.80. The summed E-state index contributed by atoms with van der Waals surface area (Å²) in [5.41, 5.74) is 0.669. The second-order valence-electron chi connectivity index (χ2n) is 10.9. The molecular weight excluding hydrogens is 496 g/mol. The van der Waals surface area contributed by atoms with E-state index in [-0.39, 0.29) is 5.91 Å². The molecule has 2 N–H and O–H groups in total. The predicted octanol–water partition coefficient (Wildman–Crippen LogP) is 6.88. The van der Waals surface area contributed by atoms with E-state index in [1.807, 2.05) is 12.1 Å². The maximum Gasteiger partial charge on any atom is 0.220 e. The first kappa shape index (κ1) is 30.7. The predicted molar refractivity (Wildman–Crippen MR) is 158 cm³/mol. The molecule has 1 aromatic rings. The van der Waals surface area contributed by atoms with Crippen LogP contribution in [0.15, 0.2) is 18.2 Å². The van der Waals surface area contributed by atoms with Gasteiger partial charge in [-0.15, -0.1) is 0 Å². The van der Waals surface area contributed by atoms with Crippen molar-refractivity contribution in [2.45, 2.75) is 122 Å². The minimum absolute atomic E-state index is 0.0452. The van der Waals surface area contributed by atoms with Gasteiger partial charge in [0.1, 0.15) is 30.3 Å². The number of amides is 1. The summed E-state index contributed by atoms with van der Waals surface area (Å²) in [6.07, 6.45) is 18.3. The first-order valence-electron chi connectivity index (χ1n) is 15.3. The van der Waals surface area contributed by atoms with Crippen molar-refractivity contribution >= 4 is 23.1 Å². The quantitative estimate of drug-likeness (QED) is 0.154. The number of benzene rings is 1. The van der Waals surface area contributed by atoms with Crippen molar-refractivity contribution in [2.24, 2.45) is 0 Å². The largest absolute Gasteiger partial charge is 0.486 e. The van der Waals surface area contributed by atoms with Crippen LogP contribution >= 0.6 is 12.2 Å². The van der Waals surface area contributed by atoms with Crippen molar-refractivity contribution in [2.75, 3.05) is 26.3 Å². The fourth-order valence-corrected chi connectivity index (χ4v) is 5.77. The summed E-state index contributed by atoms with van der Waals surface area (Å²) in [5.74, 6) is 1.26. The lowest BCUT2D eigenvalue weighted by Crippen LogP contribution is -2.50. The van der Waals surface area contributed by atoms with Crippen LogP contribution in [0.1, 0.15) is 121 Å². The lowest BCUT2D eigenvalue weighted by molar-refractivity contribution is -0.122. The summed E-state index contributed by atoms with van der Waals surface area (Å²) < 4.78 is 11.3. The minimum Gasteiger partial charge on any atom is -0.486 e. The average Bonchev–Trinajstić information content (AvgIpc) is 3.48. The van der Waals surface area contributed by atoms with E-state index < -0.39 is 12.1 Å². The molecule has 2 atom stereocenters. The summed E-state index contributed by atoms with van der Waals surface area (Å²) in [6, 6.07) is 4.81. The van der Waals surface area contributed by atoms with E-state index >= 15 is 0 Å². The maximum atomic E-state index is 12.9. The molecule has 214 valence electrons. The second kappa shape index (κ2) is 17.7. The van der Waals surface area contributed by atoms with Crippen molar-refractivity contribution in [1.82, 2.24) is 10.2 Å². The van der Waals surface area contributed by atoms with E-state index in [1.54, 1.807) is 6.07 Å². The Bertz CT molecular complexity index is 843. The summed E-state index contributed by atoms with van der Waals surface area (Å²) in [5, 5.41) is 14.4. The monoisotopic (exact) mass is 546 g/mol. The van der Waals surface area contributed by atoms with E-state index in [4.69, 9.17) is 21.7 Å². The molecule has 2 heterocycles. The summed E-state index contributed by atoms with van der Waals surface area (Å²) >= 11 is 5.79. The molecule has 0 aromatic heterocycles. The summed E-state index contributed by atoms with van der Waals surface area (Å²) in [7, 11) is 0. The molecule has 2 aliphatic heterocycles. The standard InChI is InChI=1S/C31H50N2O4S/c1-2-3-4-5-6-7-8-9-10-11-12-13-14-17-28(34)32-29(31(38)33-20-15-16-21-33)30(35)25-18-19-26-27(24-25)37-23-22-36-26/h18-19,24,29-30,35H,2-17,20-23H2,1H3,(H,32,34). The van der Waals surface area contributed by atoms with Crippen LogP contribution in [-0.2, 0) is 4.79 Å². The Morgan fingerprint density at radius 3 is 2.05 bits per heavy atom. The average molecular weight is 547 g/mol. The number of likely N-dealkylation sites (tertiary alicyclic amines) is 1. The Balaban J connectivity index is 1.39. The molecule has 2 unspecified atom stereocenters. The van der Waals surface area contributed by atoms with Crippen LogP contribution in [0.3, 0.4) is 0 Å². The number of aliphatic hydroxyl groups excluding tert-OH is 1. The highest BCUT2D eigenvalue weighted by atomic mass is 32.1. The van der Waals surface area contributed by atoms with Gasteiger partial charge in [0.25, 0.3) is 0 Å². The van der Waals surface area contributed by atoms with Crippen LogP contribution in [0.2, 0.25) is 0 Å². The SMILES string of the molecule is CCCCCCCCCCCCCCCC(=O)NC(C(=S)N1CCCC1)C(O)c1ccc2c(c1)OCCO2. The van der Waals surface area contributed by atoms with Crippen molar-refractivity contribution in [3.8, 4) is 11.5 Å². The fraction of sp³-hybridized carbons (Fsp3) is 0.742. The lowest BCUT2D eigenvalue weighted by Gasteiger charge is -2.31.